The number of fused-ring (bicyclic) bond motifs is 1. The summed E-state index contributed by atoms with van der Waals surface area (Å²) in [5.74, 6) is -0.0560. The van der Waals surface area contributed by atoms with Gasteiger partial charge in [0.1, 0.15) is 0 Å². The molecule has 5 nitrogen and oxygen atoms in total. The van der Waals surface area contributed by atoms with Crippen molar-refractivity contribution in [3.8, 4) is 0 Å². The van der Waals surface area contributed by atoms with Gasteiger partial charge in [0.2, 0.25) is 11.3 Å². The molecule has 0 unspecified atom stereocenters. The zero-order valence-electron chi connectivity index (χ0n) is 12.9. The van der Waals surface area contributed by atoms with Gasteiger partial charge in [-0.1, -0.05) is 40.2 Å². The largest absolute Gasteiger partial charge is 0.352 e. The van der Waals surface area contributed by atoms with Gasteiger partial charge in [-0.25, -0.2) is 0 Å². The lowest BCUT2D eigenvalue weighted by molar-refractivity contribution is -0.121. The normalized spacial score (nSPS) is 10.7. The predicted octanol–water partition coefficient (Wildman–Crippen LogP) is 2.87. The number of hydrogen-bond donors (Lipinski definition) is 1. The van der Waals surface area contributed by atoms with E-state index in [4.69, 9.17) is 0 Å². The Hall–Kier alpha value is -2.47. The van der Waals surface area contributed by atoms with Crippen LogP contribution in [0.3, 0.4) is 0 Å². The van der Waals surface area contributed by atoms with Crippen molar-refractivity contribution in [1.82, 2.24) is 15.1 Å². The van der Waals surface area contributed by atoms with Gasteiger partial charge in [-0.2, -0.15) is 5.10 Å². The summed E-state index contributed by atoms with van der Waals surface area (Å²) in [7, 11) is 0. The van der Waals surface area contributed by atoms with Gasteiger partial charge in [-0.3, -0.25) is 14.3 Å². The molecule has 24 heavy (non-hydrogen) atoms. The molecule has 2 aromatic carbocycles. The summed E-state index contributed by atoms with van der Waals surface area (Å²) in [5.41, 5.74) is 1.66. The highest BCUT2D eigenvalue weighted by Crippen LogP contribution is 2.11. The van der Waals surface area contributed by atoms with E-state index in [-0.39, 0.29) is 11.3 Å². The molecule has 0 bridgehead atoms. The molecule has 0 atom stereocenters. The molecule has 0 saturated heterocycles. The topological polar surface area (TPSA) is 64.0 Å². The molecule has 3 aromatic rings. The maximum Gasteiger partial charge on any atom is 0.222 e. The Morgan fingerprint density at radius 2 is 2.00 bits per heavy atom. The lowest BCUT2D eigenvalue weighted by atomic mass is 10.2. The zero-order valence-corrected chi connectivity index (χ0v) is 14.5. The highest BCUT2D eigenvalue weighted by atomic mass is 79.9. The fourth-order valence-corrected chi connectivity index (χ4v) is 2.93. The van der Waals surface area contributed by atoms with E-state index in [2.05, 4.69) is 26.3 Å². The second-order valence-corrected chi connectivity index (χ2v) is 6.32. The first-order valence-electron chi connectivity index (χ1n) is 7.59. The minimum absolute atomic E-state index is 0.0560. The van der Waals surface area contributed by atoms with Crippen LogP contribution in [-0.2, 0) is 17.9 Å². The quantitative estimate of drug-likeness (QED) is 0.734. The molecule has 6 heteroatoms. The van der Waals surface area contributed by atoms with Gasteiger partial charge in [-0.15, -0.1) is 0 Å². The van der Waals surface area contributed by atoms with Crippen LogP contribution in [0.15, 0.2) is 64.0 Å². The number of hydrogen-bond acceptors (Lipinski definition) is 3. The highest BCUT2D eigenvalue weighted by Gasteiger charge is 2.06. The van der Waals surface area contributed by atoms with Crippen LogP contribution in [0.2, 0.25) is 0 Å². The molecule has 0 aliphatic heterocycles. The number of para-hydroxylation sites is 1. The maximum absolute atomic E-state index is 12.1. The first-order chi connectivity index (χ1) is 11.6. The fraction of sp³-hybridized carbons (Fsp3) is 0.167. The van der Waals surface area contributed by atoms with Crippen molar-refractivity contribution in [3.05, 3.63) is 75.0 Å². The number of aromatic nitrogens is 2. The number of nitrogens with one attached hydrogen (secondary N) is 1. The average Bonchev–Trinajstić information content (AvgIpc) is 2.60. The van der Waals surface area contributed by atoms with Gasteiger partial charge in [-0.05, 0) is 29.8 Å². The SMILES string of the molecule is O=C(CCn1ncc(=O)c2ccccc21)NCc1cccc(Br)c1. The summed E-state index contributed by atoms with van der Waals surface area (Å²) in [5, 5.41) is 7.63. The van der Waals surface area contributed by atoms with Crippen LogP contribution in [0.1, 0.15) is 12.0 Å². The zero-order chi connectivity index (χ0) is 16.9. The number of benzene rings is 2. The van der Waals surface area contributed by atoms with Crippen LogP contribution in [0.25, 0.3) is 10.9 Å². The van der Waals surface area contributed by atoms with Crippen molar-refractivity contribution in [2.45, 2.75) is 19.5 Å². The first kappa shape index (κ1) is 16.4. The van der Waals surface area contributed by atoms with Gasteiger partial charge in [0.25, 0.3) is 0 Å². The number of aryl methyl sites for hydroxylation is 1. The van der Waals surface area contributed by atoms with Crippen molar-refractivity contribution >= 4 is 32.7 Å². The Morgan fingerprint density at radius 3 is 2.83 bits per heavy atom. The standard InChI is InChI=1S/C18H16BrN3O2/c19-14-5-3-4-13(10-14)11-20-18(24)8-9-22-16-7-2-1-6-15(16)17(23)12-21-22/h1-7,10,12H,8-9,11H2,(H,20,24). The number of halogens is 1. The van der Waals surface area contributed by atoms with Crippen LogP contribution in [-0.4, -0.2) is 15.7 Å². The van der Waals surface area contributed by atoms with E-state index in [0.717, 1.165) is 15.6 Å². The Balaban J connectivity index is 1.63. The molecule has 1 amide bonds. The van der Waals surface area contributed by atoms with E-state index in [0.29, 0.717) is 24.9 Å². The third-order valence-corrected chi connectivity index (χ3v) is 4.18. The summed E-state index contributed by atoms with van der Waals surface area (Å²) < 4.78 is 2.67. The van der Waals surface area contributed by atoms with Crippen molar-refractivity contribution < 1.29 is 4.79 Å². The second kappa shape index (κ2) is 7.40. The lowest BCUT2D eigenvalue weighted by Crippen LogP contribution is -2.24. The molecule has 1 heterocycles. The van der Waals surface area contributed by atoms with E-state index in [1.807, 2.05) is 42.5 Å². The first-order valence-corrected chi connectivity index (χ1v) is 8.39. The highest BCUT2D eigenvalue weighted by molar-refractivity contribution is 9.10. The molecule has 0 aliphatic rings. The lowest BCUT2D eigenvalue weighted by Gasteiger charge is -2.09. The Labute approximate surface area is 147 Å². The third kappa shape index (κ3) is 3.89. The van der Waals surface area contributed by atoms with Gasteiger partial charge in [0.05, 0.1) is 18.3 Å². The summed E-state index contributed by atoms with van der Waals surface area (Å²) in [6, 6.07) is 15.1. The second-order valence-electron chi connectivity index (χ2n) is 5.41. The number of nitrogens with zero attached hydrogens (tertiary/aromatic N) is 2. The Kier molecular flexibility index (Phi) is 5.05. The number of amides is 1. The molecule has 1 aromatic heterocycles. The van der Waals surface area contributed by atoms with Crippen molar-refractivity contribution in [3.63, 3.8) is 0 Å². The molecular weight excluding hydrogens is 370 g/mol. The van der Waals surface area contributed by atoms with Crippen molar-refractivity contribution in [2.24, 2.45) is 0 Å². The number of rotatable bonds is 5. The monoisotopic (exact) mass is 385 g/mol. The predicted molar refractivity (Wildman–Crippen MR) is 96.6 cm³/mol. The summed E-state index contributed by atoms with van der Waals surface area (Å²) in [6.07, 6.45) is 1.59. The van der Waals surface area contributed by atoms with Gasteiger partial charge >= 0.3 is 0 Å². The minimum Gasteiger partial charge on any atom is -0.352 e. The van der Waals surface area contributed by atoms with Crippen molar-refractivity contribution in [2.75, 3.05) is 0 Å². The summed E-state index contributed by atoms with van der Waals surface area (Å²) in [6.45, 7) is 0.904. The Morgan fingerprint density at radius 1 is 1.17 bits per heavy atom. The van der Waals surface area contributed by atoms with Crippen LogP contribution < -0.4 is 10.7 Å². The van der Waals surface area contributed by atoms with Gasteiger partial charge in [0.15, 0.2) is 0 Å². The Bertz CT molecular complexity index is 937. The molecule has 0 radical (unpaired) electrons. The van der Waals surface area contributed by atoms with E-state index in [1.54, 1.807) is 10.7 Å². The van der Waals surface area contributed by atoms with E-state index < -0.39 is 0 Å². The minimum atomic E-state index is -0.110. The average molecular weight is 386 g/mol. The molecular formula is C18H16BrN3O2. The van der Waals surface area contributed by atoms with E-state index in [9.17, 15) is 9.59 Å². The fourth-order valence-electron chi connectivity index (χ4n) is 2.48. The van der Waals surface area contributed by atoms with E-state index >= 15 is 0 Å². The maximum atomic E-state index is 12.1. The summed E-state index contributed by atoms with van der Waals surface area (Å²) >= 11 is 3.41. The summed E-state index contributed by atoms with van der Waals surface area (Å²) in [4.78, 5) is 23.8. The van der Waals surface area contributed by atoms with Gasteiger partial charge < -0.3 is 5.32 Å². The molecule has 0 fully saturated rings. The molecule has 0 aliphatic carbocycles. The molecule has 122 valence electrons. The smallest absolute Gasteiger partial charge is 0.222 e. The van der Waals surface area contributed by atoms with Crippen LogP contribution >= 0.6 is 15.9 Å². The van der Waals surface area contributed by atoms with E-state index in [1.165, 1.54) is 6.20 Å². The van der Waals surface area contributed by atoms with Crippen LogP contribution in [0, 0.1) is 0 Å². The van der Waals surface area contributed by atoms with Crippen molar-refractivity contribution in [1.29, 1.82) is 0 Å². The number of carbonyl (C=O) groups excluding carboxylic acids is 1. The van der Waals surface area contributed by atoms with Crippen LogP contribution in [0.5, 0.6) is 0 Å². The molecule has 0 saturated carbocycles. The van der Waals surface area contributed by atoms with Gasteiger partial charge in [0, 0.05) is 22.8 Å². The molecule has 3 rings (SSSR count). The molecule has 1 N–H and O–H groups in total. The molecule has 0 spiro atoms. The van der Waals surface area contributed by atoms with Crippen LogP contribution in [0.4, 0.5) is 0 Å². The number of carbonyl (C=O) groups is 1. The third-order valence-electron chi connectivity index (χ3n) is 3.69.